The first kappa shape index (κ1) is 21.5. The number of fused-ring (bicyclic) bond motifs is 1. The minimum atomic E-state index is -0.829. The lowest BCUT2D eigenvalue weighted by Crippen LogP contribution is -2.16. The Kier molecular flexibility index (Phi) is 6.18. The number of hydrogen-bond acceptors (Lipinski definition) is 4. The van der Waals surface area contributed by atoms with Crippen molar-refractivity contribution >= 4 is 40.3 Å². The number of halogens is 2. The number of aromatic nitrogens is 3. The number of allylic oxidation sites excluding steroid dienone is 1. The second-order valence-electron chi connectivity index (χ2n) is 7.09. The van der Waals surface area contributed by atoms with Crippen molar-refractivity contribution in [3.63, 3.8) is 0 Å². The van der Waals surface area contributed by atoms with Gasteiger partial charge in [0.25, 0.3) is 5.91 Å². The molecule has 2 N–H and O–H groups in total. The number of aromatic amines is 1. The number of nitrogens with one attached hydrogen (secondary N) is 2. The molecule has 0 spiro atoms. The number of benzene rings is 2. The molecule has 2 aromatic heterocycles. The summed E-state index contributed by atoms with van der Waals surface area (Å²) in [6.07, 6.45) is 4.71. The van der Waals surface area contributed by atoms with Crippen LogP contribution in [0.3, 0.4) is 0 Å². The predicted octanol–water partition coefficient (Wildman–Crippen LogP) is 6.18. The smallest absolute Gasteiger partial charge is 0.260 e. The number of pyridine rings is 1. The van der Waals surface area contributed by atoms with E-state index in [0.717, 1.165) is 10.9 Å². The van der Waals surface area contributed by atoms with E-state index in [-0.39, 0.29) is 16.3 Å². The van der Waals surface area contributed by atoms with Gasteiger partial charge in [0, 0.05) is 5.39 Å². The summed E-state index contributed by atoms with van der Waals surface area (Å²) in [6, 6.07) is 14.0. The highest BCUT2D eigenvalue weighted by Crippen LogP contribution is 2.31. The quantitative estimate of drug-likeness (QED) is 0.368. The van der Waals surface area contributed by atoms with Gasteiger partial charge in [-0.3, -0.25) is 9.89 Å². The number of amides is 1. The normalized spacial score (nSPS) is 12.2. The van der Waals surface area contributed by atoms with Crippen molar-refractivity contribution < 1.29 is 13.9 Å². The van der Waals surface area contributed by atoms with Gasteiger partial charge in [0.2, 0.25) is 0 Å². The van der Waals surface area contributed by atoms with Crippen LogP contribution in [0.2, 0.25) is 5.02 Å². The molecule has 0 bridgehead atoms. The average Bonchev–Trinajstić information content (AvgIpc) is 3.19. The van der Waals surface area contributed by atoms with Crippen molar-refractivity contribution in [1.29, 1.82) is 0 Å². The van der Waals surface area contributed by atoms with E-state index in [4.69, 9.17) is 16.3 Å². The molecule has 1 unspecified atom stereocenters. The van der Waals surface area contributed by atoms with E-state index >= 15 is 4.39 Å². The third kappa shape index (κ3) is 4.33. The Bertz CT molecular complexity index is 1300. The van der Waals surface area contributed by atoms with Crippen LogP contribution in [0.15, 0.2) is 60.8 Å². The van der Waals surface area contributed by atoms with Crippen LogP contribution >= 0.6 is 11.6 Å². The summed E-state index contributed by atoms with van der Waals surface area (Å²) in [5.41, 5.74) is 2.22. The monoisotopic (exact) mass is 450 g/mol. The molecule has 0 aliphatic heterocycles. The lowest BCUT2D eigenvalue weighted by Gasteiger charge is -2.17. The molecule has 0 fully saturated rings. The van der Waals surface area contributed by atoms with E-state index in [2.05, 4.69) is 20.5 Å². The number of anilines is 1. The third-order valence-electron chi connectivity index (χ3n) is 4.88. The molecule has 0 aliphatic rings. The largest absolute Gasteiger partial charge is 0.483 e. The van der Waals surface area contributed by atoms with Gasteiger partial charge in [0.05, 0.1) is 28.2 Å². The number of hydrogen-bond donors (Lipinski definition) is 2. The molecule has 2 heterocycles. The van der Waals surface area contributed by atoms with Crippen molar-refractivity contribution in [2.45, 2.75) is 20.0 Å². The van der Waals surface area contributed by atoms with E-state index < -0.39 is 17.8 Å². The zero-order chi connectivity index (χ0) is 22.7. The van der Waals surface area contributed by atoms with Crippen LogP contribution in [0.5, 0.6) is 5.75 Å². The van der Waals surface area contributed by atoms with Crippen molar-refractivity contribution in [1.82, 2.24) is 15.2 Å². The van der Waals surface area contributed by atoms with Gasteiger partial charge in [0.15, 0.2) is 17.2 Å². The first-order valence-corrected chi connectivity index (χ1v) is 10.3. The van der Waals surface area contributed by atoms with Crippen LogP contribution in [-0.2, 0) is 0 Å². The first-order valence-electron chi connectivity index (χ1n) is 9.95. The van der Waals surface area contributed by atoms with Gasteiger partial charge in [-0.25, -0.2) is 9.37 Å². The van der Waals surface area contributed by atoms with Gasteiger partial charge in [-0.2, -0.15) is 5.10 Å². The molecule has 1 atom stereocenters. The number of rotatable bonds is 6. The summed E-state index contributed by atoms with van der Waals surface area (Å²) in [6.45, 7) is 3.68. The van der Waals surface area contributed by atoms with Crippen molar-refractivity contribution in [2.24, 2.45) is 0 Å². The summed E-state index contributed by atoms with van der Waals surface area (Å²) in [7, 11) is 0. The molecule has 8 heteroatoms. The standard InChI is InChI=1S/C24H20ClFN4O2/c1-3-7-19-17-12-16(13-27-23(17)30-29-19)28-24(31)21-18(25)10-11-20(22(21)26)32-14(2)15-8-5-4-6-9-15/h3-14H,1-2H3,(H,28,31)(H,27,29,30)/b7-3+. The SMILES string of the molecule is C/C=C/c1n[nH]c2ncc(NC(=O)c3c(Cl)ccc(OC(C)c4ccccc4)c3F)cc12. The summed E-state index contributed by atoms with van der Waals surface area (Å²) in [5, 5.41) is 10.3. The van der Waals surface area contributed by atoms with Crippen molar-refractivity contribution in [3.05, 3.63) is 88.5 Å². The summed E-state index contributed by atoms with van der Waals surface area (Å²) in [4.78, 5) is 17.1. The van der Waals surface area contributed by atoms with Gasteiger partial charge < -0.3 is 10.1 Å². The van der Waals surface area contributed by atoms with E-state index in [0.29, 0.717) is 17.0 Å². The predicted molar refractivity (Wildman–Crippen MR) is 123 cm³/mol. The highest BCUT2D eigenvalue weighted by Gasteiger charge is 2.22. The maximum absolute atomic E-state index is 15.2. The van der Waals surface area contributed by atoms with Crippen molar-refractivity contribution in [2.75, 3.05) is 5.32 Å². The Morgan fingerprint density at radius 2 is 2.03 bits per heavy atom. The molecule has 6 nitrogen and oxygen atoms in total. The zero-order valence-electron chi connectivity index (χ0n) is 17.4. The number of carbonyl (C=O) groups is 1. The van der Waals surface area contributed by atoms with E-state index in [9.17, 15) is 4.79 Å². The van der Waals surface area contributed by atoms with Gasteiger partial charge in [-0.1, -0.05) is 48.0 Å². The highest BCUT2D eigenvalue weighted by atomic mass is 35.5. The molecule has 1 amide bonds. The van der Waals surface area contributed by atoms with Crippen LogP contribution in [0.4, 0.5) is 10.1 Å². The Morgan fingerprint density at radius 1 is 1.25 bits per heavy atom. The number of ether oxygens (including phenoxy) is 1. The van der Waals surface area contributed by atoms with Gasteiger partial charge in [-0.05, 0) is 43.7 Å². The fourth-order valence-electron chi connectivity index (χ4n) is 3.28. The summed E-state index contributed by atoms with van der Waals surface area (Å²) >= 11 is 6.16. The second-order valence-corrected chi connectivity index (χ2v) is 7.50. The molecule has 162 valence electrons. The van der Waals surface area contributed by atoms with E-state index in [1.54, 1.807) is 13.0 Å². The first-order chi connectivity index (χ1) is 15.5. The molecule has 0 aliphatic carbocycles. The topological polar surface area (TPSA) is 79.9 Å². The van der Waals surface area contributed by atoms with Crippen LogP contribution in [0.25, 0.3) is 17.1 Å². The van der Waals surface area contributed by atoms with Crippen LogP contribution in [-0.4, -0.2) is 21.1 Å². The van der Waals surface area contributed by atoms with Gasteiger partial charge >= 0.3 is 0 Å². The summed E-state index contributed by atoms with van der Waals surface area (Å²) < 4.78 is 21.0. The fourth-order valence-corrected chi connectivity index (χ4v) is 3.52. The van der Waals surface area contributed by atoms with Crippen LogP contribution < -0.4 is 10.1 Å². The van der Waals surface area contributed by atoms with E-state index in [1.165, 1.54) is 18.3 Å². The molecule has 0 saturated heterocycles. The van der Waals surface area contributed by atoms with E-state index in [1.807, 2.05) is 49.4 Å². The zero-order valence-corrected chi connectivity index (χ0v) is 18.2. The Hall–Kier alpha value is -3.71. The summed E-state index contributed by atoms with van der Waals surface area (Å²) in [5.74, 6) is -1.60. The van der Waals surface area contributed by atoms with Gasteiger partial charge in [0.1, 0.15) is 6.10 Å². The molecule has 4 rings (SSSR count). The molecule has 2 aromatic carbocycles. The Labute approximate surface area is 189 Å². The number of carbonyl (C=O) groups excluding carboxylic acids is 1. The Balaban J connectivity index is 1.60. The lowest BCUT2D eigenvalue weighted by molar-refractivity contribution is 0.102. The third-order valence-corrected chi connectivity index (χ3v) is 5.20. The molecule has 0 saturated carbocycles. The van der Waals surface area contributed by atoms with Crippen molar-refractivity contribution in [3.8, 4) is 5.75 Å². The average molecular weight is 451 g/mol. The molecular formula is C24H20ClFN4O2. The lowest BCUT2D eigenvalue weighted by atomic mass is 10.1. The van der Waals surface area contributed by atoms with Gasteiger partial charge in [-0.15, -0.1) is 0 Å². The molecular weight excluding hydrogens is 431 g/mol. The minimum absolute atomic E-state index is 0.0216. The molecule has 32 heavy (non-hydrogen) atoms. The second kappa shape index (κ2) is 9.20. The number of nitrogens with zero attached hydrogens (tertiary/aromatic N) is 2. The van der Waals surface area contributed by atoms with Crippen LogP contribution in [0, 0.1) is 5.82 Å². The fraction of sp³-hybridized carbons (Fsp3) is 0.125. The molecule has 0 radical (unpaired) electrons. The highest BCUT2D eigenvalue weighted by molar-refractivity contribution is 6.34. The number of H-pyrrole nitrogens is 1. The van der Waals surface area contributed by atoms with Crippen LogP contribution in [0.1, 0.15) is 41.6 Å². The molecule has 4 aromatic rings. The maximum atomic E-state index is 15.2. The maximum Gasteiger partial charge on any atom is 0.260 e. The Morgan fingerprint density at radius 3 is 2.78 bits per heavy atom. The minimum Gasteiger partial charge on any atom is -0.483 e.